The van der Waals surface area contributed by atoms with E-state index in [1.54, 1.807) is 0 Å². The number of aliphatic hydroxyl groups is 1. The number of nitrogens with zero attached hydrogens (tertiary/aromatic N) is 3. The largest absolute Gasteiger partial charge is 0.389 e. The molecule has 3 aromatic rings. The van der Waals surface area contributed by atoms with Crippen molar-refractivity contribution in [1.82, 2.24) is 15.1 Å². The minimum atomic E-state index is -0.460. The van der Waals surface area contributed by atoms with E-state index in [2.05, 4.69) is 57.8 Å². The Bertz CT molecular complexity index is 1400. The Balaban J connectivity index is 1.03. The second kappa shape index (κ2) is 7.00. The van der Waals surface area contributed by atoms with Gasteiger partial charge in [0.2, 0.25) is 0 Å². The van der Waals surface area contributed by atoms with Crippen LogP contribution in [0.15, 0.2) is 54.6 Å². The highest BCUT2D eigenvalue weighted by molar-refractivity contribution is 5.93. The van der Waals surface area contributed by atoms with Crippen molar-refractivity contribution in [3.8, 4) is 11.1 Å². The number of carbonyl (C=O) groups is 1. The zero-order valence-electron chi connectivity index (χ0n) is 20.7. The molecule has 2 aromatic carbocycles. The van der Waals surface area contributed by atoms with E-state index in [4.69, 9.17) is 0 Å². The highest BCUT2D eigenvalue weighted by Gasteiger charge is 2.76. The molecule has 4 saturated carbocycles. The van der Waals surface area contributed by atoms with Crippen LogP contribution in [0.5, 0.6) is 0 Å². The van der Waals surface area contributed by atoms with Gasteiger partial charge < -0.3 is 15.3 Å². The number of benzene rings is 2. The Kier molecular flexibility index (Phi) is 4.09. The molecule has 184 valence electrons. The number of anilines is 2. The maximum Gasteiger partial charge on any atom is 0.272 e. The Labute approximate surface area is 211 Å². The van der Waals surface area contributed by atoms with Gasteiger partial charge in [0.25, 0.3) is 5.91 Å². The van der Waals surface area contributed by atoms with Crippen LogP contribution < -0.4 is 10.2 Å². The minimum absolute atomic E-state index is 0.0762. The summed E-state index contributed by atoms with van der Waals surface area (Å²) in [6, 6.07) is 19.3. The lowest BCUT2D eigenvalue weighted by Crippen LogP contribution is -2.57. The van der Waals surface area contributed by atoms with Crippen LogP contribution in [0.1, 0.15) is 48.2 Å². The Morgan fingerprint density at radius 2 is 1.86 bits per heavy atom. The van der Waals surface area contributed by atoms with Gasteiger partial charge in [-0.15, -0.1) is 0 Å². The zero-order valence-corrected chi connectivity index (χ0v) is 20.7. The maximum atomic E-state index is 13.4. The van der Waals surface area contributed by atoms with Gasteiger partial charge >= 0.3 is 0 Å². The number of fused-ring (bicyclic) bond motifs is 3. The van der Waals surface area contributed by atoms with Crippen molar-refractivity contribution in [2.45, 2.75) is 50.2 Å². The number of aryl methyl sites for hydroxylation is 1. The van der Waals surface area contributed by atoms with Crippen molar-refractivity contribution < 1.29 is 9.90 Å². The van der Waals surface area contributed by atoms with E-state index in [1.807, 2.05) is 23.9 Å². The fourth-order valence-corrected chi connectivity index (χ4v) is 8.98. The molecule has 1 spiro atoms. The molecule has 1 aromatic heterocycles. The molecule has 2 heterocycles. The fraction of sp³-hybridized carbons (Fsp3) is 0.467. The van der Waals surface area contributed by atoms with Crippen molar-refractivity contribution in [2.75, 3.05) is 11.4 Å². The molecule has 4 aliphatic carbocycles. The van der Waals surface area contributed by atoms with Crippen LogP contribution in [0.4, 0.5) is 11.5 Å². The average Bonchev–Trinajstić information content (AvgIpc) is 3.58. The lowest BCUT2D eigenvalue weighted by molar-refractivity contribution is -0.176. The predicted molar refractivity (Wildman–Crippen MR) is 138 cm³/mol. The number of hydrogen-bond donors (Lipinski definition) is 2. The molecule has 6 heteroatoms. The van der Waals surface area contributed by atoms with Crippen molar-refractivity contribution in [3.05, 3.63) is 65.9 Å². The first-order valence-electron chi connectivity index (χ1n) is 13.5. The van der Waals surface area contributed by atoms with Gasteiger partial charge in [-0.3, -0.25) is 9.48 Å². The van der Waals surface area contributed by atoms with E-state index in [-0.39, 0.29) is 17.4 Å². The van der Waals surface area contributed by atoms with Gasteiger partial charge in [0, 0.05) is 36.8 Å². The van der Waals surface area contributed by atoms with E-state index < -0.39 is 5.60 Å². The molecular weight excluding hydrogens is 448 g/mol. The second-order valence-electron chi connectivity index (χ2n) is 12.1. The quantitative estimate of drug-likeness (QED) is 0.579. The molecule has 3 bridgehead atoms. The molecule has 4 fully saturated rings. The molecule has 2 N–H and O–H groups in total. The Hall–Kier alpha value is -3.12. The van der Waals surface area contributed by atoms with Crippen LogP contribution >= 0.6 is 0 Å². The summed E-state index contributed by atoms with van der Waals surface area (Å²) < 4.78 is 1.84. The number of hydrogen-bond acceptors (Lipinski definition) is 4. The summed E-state index contributed by atoms with van der Waals surface area (Å²) in [5.74, 6) is 2.44. The number of nitrogens with one attached hydrogen (secondary N) is 1. The van der Waals surface area contributed by atoms with Gasteiger partial charge in [-0.25, -0.2) is 0 Å². The molecule has 0 saturated heterocycles. The van der Waals surface area contributed by atoms with E-state index in [0.29, 0.717) is 23.4 Å². The number of carbonyl (C=O) groups excluding carboxylic acids is 1. The van der Waals surface area contributed by atoms with Gasteiger partial charge in [0.1, 0.15) is 5.82 Å². The van der Waals surface area contributed by atoms with Gasteiger partial charge in [-0.1, -0.05) is 36.4 Å². The van der Waals surface area contributed by atoms with Crippen molar-refractivity contribution >= 4 is 17.4 Å². The number of amides is 1. The monoisotopic (exact) mass is 480 g/mol. The standard InChI is InChI=1S/C30H32N4O2/c1-33-26(34-10-9-20-11-19(7-8-25(20)34)18-5-3-2-4-6-18)13-24(32-33)28(35)31-27-21-12-23-17-30(36)16-22(27)15-29(23,30)14-21/h2-8,11,13,21-23,27,36H,9-10,12,14-17H2,1H3,(H,31,35)/t21?,22?,23?,27-,29?,30-/m0/s1. The van der Waals surface area contributed by atoms with Gasteiger partial charge in [-0.2, -0.15) is 5.10 Å². The zero-order chi connectivity index (χ0) is 24.2. The fourth-order valence-electron chi connectivity index (χ4n) is 8.98. The van der Waals surface area contributed by atoms with E-state index >= 15 is 0 Å². The molecule has 5 aliphatic rings. The summed E-state index contributed by atoms with van der Waals surface area (Å²) in [5, 5.41) is 19.2. The first-order chi connectivity index (χ1) is 17.4. The molecule has 8 rings (SSSR count). The molecular formula is C30H32N4O2. The average molecular weight is 481 g/mol. The summed E-state index contributed by atoms with van der Waals surface area (Å²) >= 11 is 0. The molecule has 6 nitrogen and oxygen atoms in total. The van der Waals surface area contributed by atoms with E-state index in [9.17, 15) is 9.90 Å². The molecule has 0 radical (unpaired) electrons. The maximum absolute atomic E-state index is 13.4. The Morgan fingerprint density at radius 3 is 2.72 bits per heavy atom. The number of aromatic nitrogens is 2. The summed E-state index contributed by atoms with van der Waals surface area (Å²) in [5.41, 5.74) is 5.18. The smallest absolute Gasteiger partial charge is 0.272 e. The summed E-state index contributed by atoms with van der Waals surface area (Å²) in [6.45, 7) is 0.878. The summed E-state index contributed by atoms with van der Waals surface area (Å²) in [6.07, 6.45) is 6.13. The molecule has 4 unspecified atom stereocenters. The van der Waals surface area contributed by atoms with Gasteiger partial charge in [0.05, 0.1) is 5.60 Å². The van der Waals surface area contributed by atoms with Crippen LogP contribution in [0.2, 0.25) is 0 Å². The molecule has 1 aliphatic heterocycles. The predicted octanol–water partition coefficient (Wildman–Crippen LogP) is 4.45. The topological polar surface area (TPSA) is 70.4 Å². The summed E-state index contributed by atoms with van der Waals surface area (Å²) in [7, 11) is 1.92. The first-order valence-corrected chi connectivity index (χ1v) is 13.5. The lowest BCUT2D eigenvalue weighted by atomic mass is 9.53. The third-order valence-corrected chi connectivity index (χ3v) is 10.5. The third kappa shape index (κ3) is 2.66. The van der Waals surface area contributed by atoms with Gasteiger partial charge in [-0.05, 0) is 85.1 Å². The second-order valence-corrected chi connectivity index (χ2v) is 12.1. The molecule has 6 atom stereocenters. The minimum Gasteiger partial charge on any atom is -0.389 e. The van der Waals surface area contributed by atoms with E-state index in [1.165, 1.54) is 22.4 Å². The lowest BCUT2D eigenvalue weighted by Gasteiger charge is -2.55. The van der Waals surface area contributed by atoms with Crippen molar-refractivity contribution in [1.29, 1.82) is 0 Å². The van der Waals surface area contributed by atoms with Crippen LogP contribution in [0.25, 0.3) is 11.1 Å². The van der Waals surface area contributed by atoms with Crippen molar-refractivity contribution in [2.24, 2.45) is 30.2 Å². The first kappa shape index (κ1) is 21.0. The van der Waals surface area contributed by atoms with Crippen LogP contribution in [0.3, 0.4) is 0 Å². The summed E-state index contributed by atoms with van der Waals surface area (Å²) in [4.78, 5) is 15.7. The van der Waals surface area contributed by atoms with Crippen molar-refractivity contribution in [3.63, 3.8) is 0 Å². The number of rotatable bonds is 4. The van der Waals surface area contributed by atoms with Crippen LogP contribution in [-0.2, 0) is 13.5 Å². The normalized spacial score (nSPS) is 35.0. The Morgan fingerprint density at radius 1 is 1.03 bits per heavy atom. The van der Waals surface area contributed by atoms with E-state index in [0.717, 1.165) is 50.9 Å². The molecule has 1 amide bonds. The van der Waals surface area contributed by atoms with Crippen LogP contribution in [0, 0.1) is 23.2 Å². The third-order valence-electron chi connectivity index (χ3n) is 10.5. The molecule has 36 heavy (non-hydrogen) atoms. The highest BCUT2D eigenvalue weighted by Crippen LogP contribution is 2.77. The highest BCUT2D eigenvalue weighted by atomic mass is 16.3. The van der Waals surface area contributed by atoms with Crippen LogP contribution in [-0.4, -0.2) is 39.0 Å². The SMILES string of the molecule is Cn1nc(C(=O)N[C@H]2C3CC4C[C@@]5(O)CC2CC45C3)cc1N1CCc2cc(-c3ccccc3)ccc21. The van der Waals surface area contributed by atoms with Gasteiger partial charge in [0.15, 0.2) is 5.69 Å².